The Hall–Kier alpha value is -1.50. The predicted octanol–water partition coefficient (Wildman–Crippen LogP) is 0.184. The molecule has 17 heavy (non-hydrogen) atoms. The molecule has 1 aliphatic rings. The summed E-state index contributed by atoms with van der Waals surface area (Å²) in [6, 6.07) is 0. The molecular weight excluding hydrogens is 240 g/mol. The zero-order chi connectivity index (χ0) is 12.4. The molecule has 7 heteroatoms. The van der Waals surface area contributed by atoms with Crippen LogP contribution in [0.3, 0.4) is 0 Å². The van der Waals surface area contributed by atoms with Gasteiger partial charge in [0.15, 0.2) is 0 Å². The van der Waals surface area contributed by atoms with Gasteiger partial charge in [-0.15, -0.1) is 5.10 Å². The number of carbonyl (C=O) groups is 2. The standard InChI is InChI=1S/C10H14N4O2S/c1-6-8(17-13-12-6)10(16)14-4-2-7(3-5-14)9(11)15/h7H,2-5H2,1H3,(H2,11,15). The van der Waals surface area contributed by atoms with Gasteiger partial charge in [-0.25, -0.2) is 0 Å². The Morgan fingerprint density at radius 1 is 1.41 bits per heavy atom. The fraction of sp³-hybridized carbons (Fsp3) is 0.600. The monoisotopic (exact) mass is 254 g/mol. The van der Waals surface area contributed by atoms with Crippen molar-refractivity contribution in [2.75, 3.05) is 13.1 Å². The molecule has 0 bridgehead atoms. The molecule has 2 amide bonds. The molecule has 1 aromatic rings. The van der Waals surface area contributed by atoms with Crippen molar-refractivity contribution in [2.24, 2.45) is 11.7 Å². The summed E-state index contributed by atoms with van der Waals surface area (Å²) in [5.41, 5.74) is 5.91. The van der Waals surface area contributed by atoms with Crippen LogP contribution in [0.4, 0.5) is 0 Å². The van der Waals surface area contributed by atoms with E-state index in [1.54, 1.807) is 11.8 Å². The molecule has 0 spiro atoms. The van der Waals surface area contributed by atoms with E-state index >= 15 is 0 Å². The van der Waals surface area contributed by atoms with Crippen molar-refractivity contribution >= 4 is 23.3 Å². The molecule has 1 saturated heterocycles. The Kier molecular flexibility index (Phi) is 3.37. The molecule has 6 nitrogen and oxygen atoms in total. The van der Waals surface area contributed by atoms with Crippen LogP contribution < -0.4 is 5.73 Å². The minimum atomic E-state index is -0.271. The number of aryl methyl sites for hydroxylation is 1. The van der Waals surface area contributed by atoms with Crippen LogP contribution in [-0.4, -0.2) is 39.4 Å². The van der Waals surface area contributed by atoms with Crippen LogP contribution in [-0.2, 0) is 4.79 Å². The van der Waals surface area contributed by atoms with Crippen LogP contribution in [0.25, 0.3) is 0 Å². The first-order valence-electron chi connectivity index (χ1n) is 5.47. The molecular formula is C10H14N4O2S. The Balaban J connectivity index is 2.00. The van der Waals surface area contributed by atoms with Crippen LogP contribution in [0.1, 0.15) is 28.2 Å². The molecule has 2 heterocycles. The lowest BCUT2D eigenvalue weighted by Crippen LogP contribution is -2.41. The summed E-state index contributed by atoms with van der Waals surface area (Å²) in [5, 5.41) is 3.82. The van der Waals surface area contributed by atoms with Crippen molar-refractivity contribution < 1.29 is 9.59 Å². The van der Waals surface area contributed by atoms with Gasteiger partial charge in [-0.2, -0.15) is 0 Å². The summed E-state index contributed by atoms with van der Waals surface area (Å²) in [5.74, 6) is -0.409. The Labute approximate surface area is 103 Å². The summed E-state index contributed by atoms with van der Waals surface area (Å²) in [4.78, 5) is 25.4. The lowest BCUT2D eigenvalue weighted by molar-refractivity contribution is -0.123. The SMILES string of the molecule is Cc1nnsc1C(=O)N1CCC(C(N)=O)CC1. The first kappa shape index (κ1) is 12.0. The predicted molar refractivity (Wildman–Crippen MR) is 62.5 cm³/mol. The summed E-state index contributed by atoms with van der Waals surface area (Å²) in [6.45, 7) is 2.92. The normalized spacial score (nSPS) is 17.1. The van der Waals surface area contributed by atoms with E-state index in [9.17, 15) is 9.59 Å². The number of amides is 2. The van der Waals surface area contributed by atoms with Crippen LogP contribution in [0, 0.1) is 12.8 Å². The molecule has 0 unspecified atom stereocenters. The zero-order valence-corrected chi connectivity index (χ0v) is 10.4. The maximum absolute atomic E-state index is 12.1. The van der Waals surface area contributed by atoms with Gasteiger partial charge in [-0.05, 0) is 31.3 Å². The highest BCUT2D eigenvalue weighted by Crippen LogP contribution is 2.20. The van der Waals surface area contributed by atoms with Crippen LogP contribution in [0.2, 0.25) is 0 Å². The number of hydrogen-bond donors (Lipinski definition) is 1. The first-order valence-corrected chi connectivity index (χ1v) is 6.24. The van der Waals surface area contributed by atoms with E-state index < -0.39 is 0 Å². The van der Waals surface area contributed by atoms with E-state index in [4.69, 9.17) is 5.73 Å². The Bertz CT molecular complexity index is 437. The van der Waals surface area contributed by atoms with Gasteiger partial charge in [-0.1, -0.05) is 4.49 Å². The highest BCUT2D eigenvalue weighted by molar-refractivity contribution is 7.07. The van der Waals surface area contributed by atoms with Gasteiger partial charge in [0, 0.05) is 19.0 Å². The van der Waals surface area contributed by atoms with Crippen molar-refractivity contribution in [2.45, 2.75) is 19.8 Å². The number of likely N-dealkylation sites (tertiary alicyclic amines) is 1. The highest BCUT2D eigenvalue weighted by Gasteiger charge is 2.28. The first-order chi connectivity index (χ1) is 8.09. The van der Waals surface area contributed by atoms with Crippen molar-refractivity contribution in [1.82, 2.24) is 14.5 Å². The smallest absolute Gasteiger partial charge is 0.267 e. The van der Waals surface area contributed by atoms with Crippen LogP contribution >= 0.6 is 11.5 Å². The molecule has 1 aromatic heterocycles. The third-order valence-corrected chi connectivity index (χ3v) is 3.85. The van der Waals surface area contributed by atoms with Crippen molar-refractivity contribution in [3.8, 4) is 0 Å². The molecule has 1 aliphatic heterocycles. The van der Waals surface area contributed by atoms with Crippen LogP contribution in [0.5, 0.6) is 0 Å². The van der Waals surface area contributed by atoms with E-state index in [1.807, 2.05) is 0 Å². The summed E-state index contributed by atoms with van der Waals surface area (Å²) >= 11 is 1.11. The lowest BCUT2D eigenvalue weighted by atomic mass is 9.96. The van der Waals surface area contributed by atoms with E-state index in [2.05, 4.69) is 9.59 Å². The number of nitrogens with two attached hydrogens (primary N) is 1. The number of piperidine rings is 1. The Morgan fingerprint density at radius 2 is 2.06 bits per heavy atom. The maximum atomic E-state index is 12.1. The fourth-order valence-corrected chi connectivity index (χ4v) is 2.56. The maximum Gasteiger partial charge on any atom is 0.267 e. The van der Waals surface area contributed by atoms with E-state index in [-0.39, 0.29) is 17.7 Å². The second-order valence-corrected chi connectivity index (χ2v) is 4.91. The highest BCUT2D eigenvalue weighted by atomic mass is 32.1. The van der Waals surface area contributed by atoms with Gasteiger partial charge in [-0.3, -0.25) is 9.59 Å². The summed E-state index contributed by atoms with van der Waals surface area (Å²) in [7, 11) is 0. The van der Waals surface area contributed by atoms with E-state index in [0.717, 1.165) is 11.5 Å². The van der Waals surface area contributed by atoms with Gasteiger partial charge in [0.05, 0.1) is 5.69 Å². The van der Waals surface area contributed by atoms with Gasteiger partial charge in [0.25, 0.3) is 5.91 Å². The van der Waals surface area contributed by atoms with Crippen molar-refractivity contribution in [3.63, 3.8) is 0 Å². The van der Waals surface area contributed by atoms with E-state index in [1.165, 1.54) is 0 Å². The average molecular weight is 254 g/mol. The largest absolute Gasteiger partial charge is 0.369 e. The van der Waals surface area contributed by atoms with Gasteiger partial charge >= 0.3 is 0 Å². The molecule has 0 radical (unpaired) electrons. The lowest BCUT2D eigenvalue weighted by Gasteiger charge is -2.30. The molecule has 0 aliphatic carbocycles. The fourth-order valence-electron chi connectivity index (χ4n) is 1.94. The molecule has 1 fully saturated rings. The minimum Gasteiger partial charge on any atom is -0.369 e. The van der Waals surface area contributed by atoms with Crippen molar-refractivity contribution in [3.05, 3.63) is 10.6 Å². The topological polar surface area (TPSA) is 89.2 Å². The number of aromatic nitrogens is 2. The number of primary amides is 1. The number of carbonyl (C=O) groups excluding carboxylic acids is 2. The van der Waals surface area contributed by atoms with Crippen LogP contribution in [0.15, 0.2) is 0 Å². The molecule has 92 valence electrons. The third-order valence-electron chi connectivity index (χ3n) is 3.03. The summed E-state index contributed by atoms with van der Waals surface area (Å²) in [6.07, 6.45) is 1.29. The third kappa shape index (κ3) is 2.44. The number of rotatable bonds is 2. The number of hydrogen-bond acceptors (Lipinski definition) is 5. The average Bonchev–Trinajstić information content (AvgIpc) is 2.74. The van der Waals surface area contributed by atoms with Gasteiger partial charge in [0.2, 0.25) is 5.91 Å². The molecule has 0 atom stereocenters. The second-order valence-electron chi connectivity index (χ2n) is 4.16. The number of nitrogens with zero attached hydrogens (tertiary/aromatic N) is 3. The summed E-state index contributed by atoms with van der Waals surface area (Å²) < 4.78 is 3.75. The molecule has 0 saturated carbocycles. The quantitative estimate of drug-likeness (QED) is 0.815. The van der Waals surface area contributed by atoms with E-state index in [0.29, 0.717) is 36.5 Å². The van der Waals surface area contributed by atoms with Gasteiger partial charge in [0.1, 0.15) is 4.88 Å². The zero-order valence-electron chi connectivity index (χ0n) is 9.55. The van der Waals surface area contributed by atoms with Crippen molar-refractivity contribution in [1.29, 1.82) is 0 Å². The minimum absolute atomic E-state index is 0.0413. The van der Waals surface area contributed by atoms with Gasteiger partial charge < -0.3 is 10.6 Å². The molecule has 2 N–H and O–H groups in total. The Morgan fingerprint density at radius 3 is 2.53 bits per heavy atom. The second kappa shape index (κ2) is 4.79. The molecule has 0 aromatic carbocycles. The molecule has 2 rings (SSSR count).